The number of anilines is 1. The van der Waals surface area contributed by atoms with Gasteiger partial charge in [-0.1, -0.05) is 6.07 Å². The summed E-state index contributed by atoms with van der Waals surface area (Å²) in [7, 11) is 0. The summed E-state index contributed by atoms with van der Waals surface area (Å²) < 4.78 is 0.757. The highest BCUT2D eigenvalue weighted by atomic mass is 79.9. The molecule has 2 aromatic rings. The minimum absolute atomic E-state index is 0.0227. The van der Waals surface area contributed by atoms with E-state index in [1.54, 1.807) is 31.3 Å². The summed E-state index contributed by atoms with van der Waals surface area (Å²) in [4.78, 5) is 25.0. The van der Waals surface area contributed by atoms with E-state index < -0.39 is 4.92 Å². The Morgan fingerprint density at radius 3 is 2.74 bits per heavy atom. The highest BCUT2D eigenvalue weighted by molar-refractivity contribution is 9.10. The third-order valence-corrected chi connectivity index (χ3v) is 3.01. The Morgan fingerprint density at radius 1 is 1.42 bits per heavy atom. The van der Waals surface area contributed by atoms with Crippen molar-refractivity contribution in [3.8, 4) is 0 Å². The first-order valence-corrected chi connectivity index (χ1v) is 6.17. The molecular formula is C12H10BrN3O3. The van der Waals surface area contributed by atoms with E-state index in [1.807, 2.05) is 0 Å². The maximum absolute atomic E-state index is 11.9. The zero-order chi connectivity index (χ0) is 14.0. The van der Waals surface area contributed by atoms with Crippen LogP contribution in [0.5, 0.6) is 0 Å². The number of aryl methyl sites for hydroxylation is 1. The number of hydrogen-bond donors (Lipinski definition) is 2. The number of carbonyl (C=O) groups excluding carboxylic acids is 1. The standard InChI is InChI=1S/C12H10BrN3O3/c1-7-2-3-9(5-11(7)16(18)19)15-12(17)10-4-8(13)6-14-10/h2-6,14H,1H3,(H,15,17). The lowest BCUT2D eigenvalue weighted by Crippen LogP contribution is -2.12. The van der Waals surface area contributed by atoms with Crippen LogP contribution in [0.1, 0.15) is 16.1 Å². The fraction of sp³-hybridized carbons (Fsp3) is 0.0833. The summed E-state index contributed by atoms with van der Waals surface area (Å²) in [5, 5.41) is 13.4. The molecule has 1 amide bonds. The van der Waals surface area contributed by atoms with Crippen LogP contribution in [0.15, 0.2) is 34.9 Å². The van der Waals surface area contributed by atoms with Crippen molar-refractivity contribution in [2.75, 3.05) is 5.32 Å². The minimum atomic E-state index is -0.476. The molecule has 0 bridgehead atoms. The first-order chi connectivity index (χ1) is 8.97. The van der Waals surface area contributed by atoms with Crippen molar-refractivity contribution in [1.82, 2.24) is 4.98 Å². The lowest BCUT2D eigenvalue weighted by Gasteiger charge is -2.04. The minimum Gasteiger partial charge on any atom is -0.356 e. The average Bonchev–Trinajstić information content (AvgIpc) is 2.78. The molecule has 0 spiro atoms. The van der Waals surface area contributed by atoms with Gasteiger partial charge in [0.25, 0.3) is 11.6 Å². The van der Waals surface area contributed by atoms with Gasteiger partial charge < -0.3 is 10.3 Å². The highest BCUT2D eigenvalue weighted by Gasteiger charge is 2.13. The predicted octanol–water partition coefficient (Wildman–Crippen LogP) is 3.25. The molecule has 0 atom stereocenters. The van der Waals surface area contributed by atoms with E-state index in [0.717, 1.165) is 4.47 Å². The summed E-state index contributed by atoms with van der Waals surface area (Å²) in [5.41, 5.74) is 1.28. The molecule has 7 heteroatoms. The van der Waals surface area contributed by atoms with Crippen LogP contribution in [0.2, 0.25) is 0 Å². The Morgan fingerprint density at radius 2 is 2.16 bits per heavy atom. The molecule has 0 radical (unpaired) electrons. The van der Waals surface area contributed by atoms with Crippen molar-refractivity contribution in [3.05, 3.63) is 56.3 Å². The number of benzene rings is 1. The number of nitro groups is 1. The van der Waals surface area contributed by atoms with Crippen LogP contribution in [0, 0.1) is 17.0 Å². The molecule has 0 saturated carbocycles. The van der Waals surface area contributed by atoms with Crippen molar-refractivity contribution in [1.29, 1.82) is 0 Å². The maximum atomic E-state index is 11.9. The van der Waals surface area contributed by atoms with Crippen molar-refractivity contribution in [2.45, 2.75) is 6.92 Å². The van der Waals surface area contributed by atoms with Gasteiger partial charge >= 0.3 is 0 Å². The molecule has 0 unspecified atom stereocenters. The SMILES string of the molecule is Cc1ccc(NC(=O)c2cc(Br)c[nH]2)cc1[N+](=O)[O-]. The van der Waals surface area contributed by atoms with E-state index in [1.165, 1.54) is 6.07 Å². The van der Waals surface area contributed by atoms with Crippen LogP contribution < -0.4 is 5.32 Å². The molecule has 0 aliphatic rings. The van der Waals surface area contributed by atoms with E-state index in [2.05, 4.69) is 26.2 Å². The number of carbonyl (C=O) groups is 1. The normalized spacial score (nSPS) is 10.2. The first kappa shape index (κ1) is 13.3. The maximum Gasteiger partial charge on any atom is 0.274 e. The number of aromatic amines is 1. The van der Waals surface area contributed by atoms with Gasteiger partial charge in [-0.3, -0.25) is 14.9 Å². The highest BCUT2D eigenvalue weighted by Crippen LogP contribution is 2.22. The monoisotopic (exact) mass is 323 g/mol. The third-order valence-electron chi connectivity index (χ3n) is 2.56. The van der Waals surface area contributed by atoms with Crippen LogP contribution in [0.25, 0.3) is 0 Å². The fourth-order valence-electron chi connectivity index (χ4n) is 1.58. The Balaban J connectivity index is 2.22. The second kappa shape index (κ2) is 5.23. The van der Waals surface area contributed by atoms with Crippen molar-refractivity contribution in [3.63, 3.8) is 0 Å². The molecule has 6 nitrogen and oxygen atoms in total. The van der Waals surface area contributed by atoms with E-state index in [-0.39, 0.29) is 11.6 Å². The van der Waals surface area contributed by atoms with Gasteiger partial charge in [0.2, 0.25) is 0 Å². The number of nitrogens with one attached hydrogen (secondary N) is 2. The second-order valence-electron chi connectivity index (χ2n) is 3.94. The molecule has 98 valence electrons. The first-order valence-electron chi connectivity index (χ1n) is 5.37. The molecule has 0 saturated heterocycles. The Kier molecular flexibility index (Phi) is 3.66. The van der Waals surface area contributed by atoms with E-state index >= 15 is 0 Å². The molecule has 1 aromatic carbocycles. The van der Waals surface area contributed by atoms with Gasteiger partial charge in [-0.25, -0.2) is 0 Å². The van der Waals surface area contributed by atoms with E-state index in [4.69, 9.17) is 0 Å². The third kappa shape index (κ3) is 3.00. The number of H-pyrrole nitrogens is 1. The topological polar surface area (TPSA) is 88.0 Å². The lowest BCUT2D eigenvalue weighted by atomic mass is 10.2. The number of halogens is 1. The molecule has 1 heterocycles. The van der Waals surface area contributed by atoms with Crippen molar-refractivity contribution in [2.24, 2.45) is 0 Å². The molecule has 0 aliphatic heterocycles. The van der Waals surface area contributed by atoms with Crippen LogP contribution in [0.3, 0.4) is 0 Å². The average molecular weight is 324 g/mol. The number of hydrogen-bond acceptors (Lipinski definition) is 3. The summed E-state index contributed by atoms with van der Waals surface area (Å²) in [6, 6.07) is 6.18. The smallest absolute Gasteiger partial charge is 0.274 e. The second-order valence-corrected chi connectivity index (χ2v) is 4.86. The zero-order valence-electron chi connectivity index (χ0n) is 9.94. The molecule has 1 aromatic heterocycles. The molecular weight excluding hydrogens is 314 g/mol. The zero-order valence-corrected chi connectivity index (χ0v) is 11.5. The van der Waals surface area contributed by atoms with E-state index in [0.29, 0.717) is 16.9 Å². The molecule has 19 heavy (non-hydrogen) atoms. The number of nitro benzene ring substituents is 1. The number of rotatable bonds is 3. The number of nitrogens with zero attached hydrogens (tertiary/aromatic N) is 1. The van der Waals surface area contributed by atoms with Gasteiger partial charge in [0.05, 0.1) is 4.92 Å². The molecule has 0 fully saturated rings. The van der Waals surface area contributed by atoms with Gasteiger partial charge in [-0.15, -0.1) is 0 Å². The van der Waals surface area contributed by atoms with E-state index in [9.17, 15) is 14.9 Å². The number of amides is 1. The Bertz CT molecular complexity index is 651. The van der Waals surface area contributed by atoms with Gasteiger partial charge in [0.15, 0.2) is 0 Å². The summed E-state index contributed by atoms with van der Waals surface area (Å²) in [6.45, 7) is 1.64. The van der Waals surface area contributed by atoms with Crippen LogP contribution in [0.4, 0.5) is 11.4 Å². The molecule has 2 rings (SSSR count). The Hall–Kier alpha value is -2.15. The van der Waals surface area contributed by atoms with Crippen molar-refractivity contribution >= 4 is 33.2 Å². The van der Waals surface area contributed by atoms with Gasteiger partial charge in [-0.05, 0) is 35.0 Å². The number of aromatic nitrogens is 1. The van der Waals surface area contributed by atoms with Gasteiger partial charge in [0.1, 0.15) is 5.69 Å². The summed E-state index contributed by atoms with van der Waals surface area (Å²) in [6.07, 6.45) is 1.63. The van der Waals surface area contributed by atoms with Crippen LogP contribution in [-0.4, -0.2) is 15.8 Å². The predicted molar refractivity (Wildman–Crippen MR) is 74.3 cm³/mol. The van der Waals surface area contributed by atoms with Crippen LogP contribution >= 0.6 is 15.9 Å². The van der Waals surface area contributed by atoms with Gasteiger partial charge in [-0.2, -0.15) is 0 Å². The summed E-state index contributed by atoms with van der Waals surface area (Å²) >= 11 is 3.23. The van der Waals surface area contributed by atoms with Gasteiger partial charge in [0, 0.05) is 28.0 Å². The fourth-order valence-corrected chi connectivity index (χ4v) is 1.92. The summed E-state index contributed by atoms with van der Waals surface area (Å²) in [5.74, 6) is -0.358. The lowest BCUT2D eigenvalue weighted by molar-refractivity contribution is -0.385. The molecule has 0 aliphatic carbocycles. The van der Waals surface area contributed by atoms with Crippen molar-refractivity contribution < 1.29 is 9.72 Å². The Labute approximate surface area is 117 Å². The molecule has 2 N–H and O–H groups in total. The quantitative estimate of drug-likeness (QED) is 0.671. The van der Waals surface area contributed by atoms with Crippen LogP contribution in [-0.2, 0) is 0 Å². The largest absolute Gasteiger partial charge is 0.356 e.